The quantitative estimate of drug-likeness (QED) is 0.685. The van der Waals surface area contributed by atoms with Crippen LogP contribution in [0, 0.1) is 5.82 Å². The Morgan fingerprint density at radius 3 is 2.54 bits per heavy atom. The van der Waals surface area contributed by atoms with E-state index in [4.69, 9.17) is 10.5 Å². The smallest absolute Gasteiger partial charge is 0.259 e. The van der Waals surface area contributed by atoms with Crippen molar-refractivity contribution in [2.24, 2.45) is 5.73 Å². The third-order valence-corrected chi connectivity index (χ3v) is 4.25. The highest BCUT2D eigenvalue weighted by molar-refractivity contribution is 6.06. The summed E-state index contributed by atoms with van der Waals surface area (Å²) in [6.07, 6.45) is 1.97. The number of amides is 2. The summed E-state index contributed by atoms with van der Waals surface area (Å²) in [5.41, 5.74) is 7.54. The van der Waals surface area contributed by atoms with E-state index in [1.807, 2.05) is 6.92 Å². The molecule has 8 heteroatoms. The molecule has 0 radical (unpaired) electrons. The predicted octanol–water partition coefficient (Wildman–Crippen LogP) is 2.93. The molecule has 0 aliphatic carbocycles. The molecule has 0 fully saturated rings. The normalized spacial score (nSPS) is 10.5. The second kappa shape index (κ2) is 7.91. The van der Waals surface area contributed by atoms with Gasteiger partial charge in [0.1, 0.15) is 11.6 Å². The highest BCUT2D eigenvalue weighted by Gasteiger charge is 2.19. The van der Waals surface area contributed by atoms with E-state index in [0.717, 1.165) is 0 Å². The van der Waals surface area contributed by atoms with Crippen molar-refractivity contribution in [1.29, 1.82) is 0 Å². The summed E-state index contributed by atoms with van der Waals surface area (Å²) in [6.45, 7) is 1.89. The zero-order chi connectivity index (χ0) is 20.3. The lowest BCUT2D eigenvalue weighted by molar-refractivity contribution is 0.0996. The number of hydrogen-bond donors (Lipinski definition) is 2. The largest absolute Gasteiger partial charge is 0.495 e. The van der Waals surface area contributed by atoms with Crippen molar-refractivity contribution in [3.8, 4) is 11.4 Å². The topological polar surface area (TPSA) is 99.2 Å². The van der Waals surface area contributed by atoms with E-state index in [-0.39, 0.29) is 11.4 Å². The van der Waals surface area contributed by atoms with E-state index in [1.165, 1.54) is 37.6 Å². The molecular formula is C20H19FN4O3. The molecule has 0 aliphatic heterocycles. The van der Waals surface area contributed by atoms with Crippen molar-refractivity contribution >= 4 is 17.5 Å². The molecule has 0 aliphatic rings. The van der Waals surface area contributed by atoms with Gasteiger partial charge in [-0.3, -0.25) is 9.59 Å². The Bertz CT molecular complexity index is 1030. The number of aromatic nitrogens is 2. The average Bonchev–Trinajstić information content (AvgIpc) is 3.12. The van der Waals surface area contributed by atoms with Gasteiger partial charge in [-0.05, 0) is 48.9 Å². The van der Waals surface area contributed by atoms with Crippen LogP contribution in [0.3, 0.4) is 0 Å². The van der Waals surface area contributed by atoms with Crippen LogP contribution in [0.25, 0.3) is 5.69 Å². The highest BCUT2D eigenvalue weighted by atomic mass is 19.1. The summed E-state index contributed by atoms with van der Waals surface area (Å²) in [7, 11) is 1.46. The summed E-state index contributed by atoms with van der Waals surface area (Å²) < 4.78 is 20.0. The molecule has 0 spiro atoms. The summed E-state index contributed by atoms with van der Waals surface area (Å²) in [4.78, 5) is 24.3. The van der Waals surface area contributed by atoms with Crippen molar-refractivity contribution in [3.63, 3.8) is 0 Å². The number of nitrogens with two attached hydrogens (primary N) is 1. The van der Waals surface area contributed by atoms with E-state index in [9.17, 15) is 14.0 Å². The molecule has 1 heterocycles. The molecule has 3 aromatic rings. The average molecular weight is 382 g/mol. The van der Waals surface area contributed by atoms with Crippen LogP contribution in [0.4, 0.5) is 10.1 Å². The third-order valence-electron chi connectivity index (χ3n) is 4.25. The van der Waals surface area contributed by atoms with E-state index >= 15 is 0 Å². The molecule has 0 saturated carbocycles. The minimum Gasteiger partial charge on any atom is -0.495 e. The zero-order valence-corrected chi connectivity index (χ0v) is 15.4. The van der Waals surface area contributed by atoms with Gasteiger partial charge in [0.2, 0.25) is 5.91 Å². The van der Waals surface area contributed by atoms with Gasteiger partial charge in [-0.25, -0.2) is 9.07 Å². The van der Waals surface area contributed by atoms with Gasteiger partial charge in [0.05, 0.1) is 35.9 Å². The van der Waals surface area contributed by atoms with Gasteiger partial charge in [0.15, 0.2) is 0 Å². The summed E-state index contributed by atoms with van der Waals surface area (Å²) >= 11 is 0. The monoisotopic (exact) mass is 382 g/mol. The van der Waals surface area contributed by atoms with Gasteiger partial charge in [-0.15, -0.1) is 0 Å². The number of nitrogens with one attached hydrogen (secondary N) is 1. The molecule has 0 bridgehead atoms. The second-order valence-corrected chi connectivity index (χ2v) is 5.98. The Morgan fingerprint density at radius 2 is 1.93 bits per heavy atom. The fourth-order valence-corrected chi connectivity index (χ4v) is 2.86. The molecular weight excluding hydrogens is 363 g/mol. The number of methoxy groups -OCH3 is 1. The summed E-state index contributed by atoms with van der Waals surface area (Å²) in [5.74, 6) is -0.989. The number of primary amides is 1. The molecule has 0 atom stereocenters. The first kappa shape index (κ1) is 19.1. The number of rotatable bonds is 6. The number of nitrogens with zero attached hydrogens (tertiary/aromatic N) is 2. The Labute approximate surface area is 160 Å². The van der Waals surface area contributed by atoms with Crippen LogP contribution in [0.1, 0.15) is 33.3 Å². The molecule has 2 aromatic carbocycles. The third kappa shape index (κ3) is 3.71. The number of hydrogen-bond acceptors (Lipinski definition) is 4. The van der Waals surface area contributed by atoms with Gasteiger partial charge >= 0.3 is 0 Å². The lowest BCUT2D eigenvalue weighted by Gasteiger charge is -2.12. The molecule has 3 N–H and O–H groups in total. The molecule has 0 saturated heterocycles. The first-order valence-corrected chi connectivity index (χ1v) is 8.56. The van der Waals surface area contributed by atoms with Crippen LogP contribution < -0.4 is 15.8 Å². The second-order valence-electron chi connectivity index (χ2n) is 5.98. The lowest BCUT2D eigenvalue weighted by Crippen LogP contribution is -2.16. The lowest BCUT2D eigenvalue weighted by atomic mass is 10.1. The van der Waals surface area contributed by atoms with Gasteiger partial charge < -0.3 is 15.8 Å². The molecule has 2 amide bonds. The Morgan fingerprint density at radius 1 is 1.21 bits per heavy atom. The van der Waals surface area contributed by atoms with Gasteiger partial charge in [0.25, 0.3) is 5.91 Å². The summed E-state index contributed by atoms with van der Waals surface area (Å²) in [6, 6.07) is 10.4. The maximum Gasteiger partial charge on any atom is 0.259 e. The number of halogens is 1. The molecule has 3 rings (SSSR count). The SMILES string of the molecule is CCc1c(C(=O)Nc2cc(C(N)=O)ccc2OC)cnn1-c1ccc(F)cc1. The maximum atomic E-state index is 13.2. The first-order valence-electron chi connectivity index (χ1n) is 8.56. The van der Waals surface area contributed by atoms with Crippen molar-refractivity contribution in [3.05, 3.63) is 71.3 Å². The number of benzene rings is 2. The number of carbonyl (C=O) groups excluding carboxylic acids is 2. The van der Waals surface area contributed by atoms with Crippen molar-refractivity contribution in [1.82, 2.24) is 9.78 Å². The number of ether oxygens (including phenoxy) is 1. The van der Waals surface area contributed by atoms with Gasteiger partial charge in [-0.2, -0.15) is 5.10 Å². The molecule has 1 aromatic heterocycles. The van der Waals surface area contributed by atoms with Crippen LogP contribution in [0.15, 0.2) is 48.7 Å². The van der Waals surface area contributed by atoms with E-state index in [2.05, 4.69) is 10.4 Å². The van der Waals surface area contributed by atoms with Crippen LogP contribution >= 0.6 is 0 Å². The standard InChI is InChI=1S/C20H19FN4O3/c1-3-17-15(11-23-25(17)14-7-5-13(21)6-8-14)20(27)24-16-10-12(19(22)26)4-9-18(16)28-2/h4-11H,3H2,1-2H3,(H2,22,26)(H,24,27). The van der Waals surface area contributed by atoms with E-state index in [1.54, 1.807) is 22.9 Å². The Balaban J connectivity index is 1.95. The van der Waals surface area contributed by atoms with E-state index < -0.39 is 11.8 Å². The van der Waals surface area contributed by atoms with Gasteiger partial charge in [-0.1, -0.05) is 6.92 Å². The van der Waals surface area contributed by atoms with Gasteiger partial charge in [0, 0.05) is 5.56 Å². The highest BCUT2D eigenvalue weighted by Crippen LogP contribution is 2.27. The van der Waals surface area contributed by atoms with Crippen molar-refractivity contribution < 1.29 is 18.7 Å². The van der Waals surface area contributed by atoms with Crippen LogP contribution in [0.5, 0.6) is 5.75 Å². The van der Waals surface area contributed by atoms with Crippen molar-refractivity contribution in [2.75, 3.05) is 12.4 Å². The van der Waals surface area contributed by atoms with Crippen LogP contribution in [-0.4, -0.2) is 28.7 Å². The fourth-order valence-electron chi connectivity index (χ4n) is 2.86. The zero-order valence-electron chi connectivity index (χ0n) is 15.4. The molecule has 28 heavy (non-hydrogen) atoms. The number of carbonyl (C=O) groups is 2. The molecule has 7 nitrogen and oxygen atoms in total. The van der Waals surface area contributed by atoms with Crippen LogP contribution in [0.2, 0.25) is 0 Å². The minimum atomic E-state index is -0.614. The Hall–Kier alpha value is -3.68. The first-order chi connectivity index (χ1) is 13.4. The van der Waals surface area contributed by atoms with E-state index in [0.29, 0.717) is 34.8 Å². The van der Waals surface area contributed by atoms with Crippen LogP contribution in [-0.2, 0) is 6.42 Å². The molecule has 144 valence electrons. The molecule has 0 unspecified atom stereocenters. The maximum absolute atomic E-state index is 13.2. The summed E-state index contributed by atoms with van der Waals surface area (Å²) in [5, 5.41) is 7.00. The predicted molar refractivity (Wildman–Crippen MR) is 102 cm³/mol. The minimum absolute atomic E-state index is 0.244. The fraction of sp³-hybridized carbons (Fsp3) is 0.150. The van der Waals surface area contributed by atoms with Crippen molar-refractivity contribution in [2.45, 2.75) is 13.3 Å². The Kier molecular flexibility index (Phi) is 5.39. The number of anilines is 1.